The largest absolute Gasteiger partial charge is 0.396 e. The molecule has 0 rings (SSSR count). The summed E-state index contributed by atoms with van der Waals surface area (Å²) in [5, 5.41) is 8.40. The Morgan fingerprint density at radius 1 is 1.75 bits per heavy atom. The molecule has 1 unspecified atom stereocenters. The van der Waals surface area contributed by atoms with E-state index in [9.17, 15) is 0 Å². The first-order valence-corrected chi connectivity index (χ1v) is 2.92. The number of hydrogen-bond acceptors (Lipinski definition) is 3. The molecule has 8 heavy (non-hydrogen) atoms. The van der Waals surface area contributed by atoms with Crippen molar-refractivity contribution < 1.29 is 5.11 Å². The third-order valence-corrected chi connectivity index (χ3v) is 1.21. The summed E-state index contributed by atoms with van der Waals surface area (Å²) in [5.41, 5.74) is 2.59. The van der Waals surface area contributed by atoms with Crippen molar-refractivity contribution in [1.82, 2.24) is 5.43 Å². The predicted molar refractivity (Wildman–Crippen MR) is 33.1 cm³/mol. The highest BCUT2D eigenvalue weighted by atomic mass is 16.3. The molecule has 0 saturated heterocycles. The van der Waals surface area contributed by atoms with Crippen LogP contribution in [0.1, 0.15) is 19.8 Å². The molecule has 3 heteroatoms. The van der Waals surface area contributed by atoms with Crippen LogP contribution in [0, 0.1) is 0 Å². The van der Waals surface area contributed by atoms with Crippen molar-refractivity contribution in [2.24, 2.45) is 5.84 Å². The van der Waals surface area contributed by atoms with Crippen molar-refractivity contribution in [3.63, 3.8) is 0 Å². The number of aliphatic hydroxyl groups excluding tert-OH is 1. The van der Waals surface area contributed by atoms with Crippen LogP contribution in [0.5, 0.6) is 0 Å². The molecule has 0 spiro atoms. The summed E-state index contributed by atoms with van der Waals surface area (Å²) in [5.74, 6) is 5.11. The van der Waals surface area contributed by atoms with E-state index in [0.717, 1.165) is 12.8 Å². The minimum Gasteiger partial charge on any atom is -0.396 e. The smallest absolute Gasteiger partial charge is 0.0446 e. The molecular weight excluding hydrogens is 104 g/mol. The summed E-state index contributed by atoms with van der Waals surface area (Å²) in [6.07, 6.45) is 1.71. The highest BCUT2D eigenvalue weighted by Gasteiger charge is 1.99. The zero-order chi connectivity index (χ0) is 6.41. The SMILES string of the molecule is CCC(CCO)NN. The Kier molecular flexibility index (Phi) is 4.95. The van der Waals surface area contributed by atoms with E-state index in [4.69, 9.17) is 10.9 Å². The third-order valence-electron chi connectivity index (χ3n) is 1.21. The molecule has 1 atom stereocenters. The molecule has 0 fully saturated rings. The second-order valence-electron chi connectivity index (χ2n) is 1.78. The predicted octanol–water partition coefficient (Wildman–Crippen LogP) is -0.389. The van der Waals surface area contributed by atoms with Crippen LogP contribution >= 0.6 is 0 Å². The van der Waals surface area contributed by atoms with Gasteiger partial charge in [0.1, 0.15) is 0 Å². The van der Waals surface area contributed by atoms with Crippen LogP contribution in [0.3, 0.4) is 0 Å². The minimum absolute atomic E-state index is 0.211. The molecule has 0 aromatic carbocycles. The summed E-state index contributed by atoms with van der Waals surface area (Å²) >= 11 is 0. The molecule has 0 aliphatic heterocycles. The van der Waals surface area contributed by atoms with E-state index in [1.165, 1.54) is 0 Å². The molecule has 3 nitrogen and oxygen atoms in total. The zero-order valence-electron chi connectivity index (χ0n) is 5.22. The number of hydrogen-bond donors (Lipinski definition) is 3. The van der Waals surface area contributed by atoms with Gasteiger partial charge in [0.2, 0.25) is 0 Å². The first kappa shape index (κ1) is 7.88. The van der Waals surface area contributed by atoms with E-state index in [1.807, 2.05) is 6.92 Å². The van der Waals surface area contributed by atoms with Gasteiger partial charge in [-0.05, 0) is 12.8 Å². The standard InChI is InChI=1S/C5H14N2O/c1-2-5(7-6)3-4-8/h5,7-8H,2-4,6H2,1H3. The summed E-state index contributed by atoms with van der Waals surface area (Å²) in [4.78, 5) is 0. The van der Waals surface area contributed by atoms with Gasteiger partial charge in [-0.1, -0.05) is 6.92 Å². The number of nitrogens with two attached hydrogens (primary N) is 1. The van der Waals surface area contributed by atoms with E-state index in [0.29, 0.717) is 0 Å². The molecule has 0 heterocycles. The topological polar surface area (TPSA) is 58.3 Å². The van der Waals surface area contributed by atoms with Gasteiger partial charge in [-0.25, -0.2) is 0 Å². The van der Waals surface area contributed by atoms with Gasteiger partial charge in [0, 0.05) is 12.6 Å². The molecular formula is C5H14N2O. The molecule has 0 bridgehead atoms. The van der Waals surface area contributed by atoms with Gasteiger partial charge < -0.3 is 5.11 Å². The van der Waals surface area contributed by atoms with E-state index in [-0.39, 0.29) is 12.6 Å². The molecule has 4 N–H and O–H groups in total. The molecule has 0 aromatic rings. The maximum atomic E-state index is 8.40. The second-order valence-corrected chi connectivity index (χ2v) is 1.78. The third kappa shape index (κ3) is 2.96. The first-order valence-electron chi connectivity index (χ1n) is 2.92. The van der Waals surface area contributed by atoms with Crippen LogP contribution in [-0.4, -0.2) is 17.8 Å². The van der Waals surface area contributed by atoms with Gasteiger partial charge in [-0.2, -0.15) is 0 Å². The van der Waals surface area contributed by atoms with Crippen molar-refractivity contribution in [3.8, 4) is 0 Å². The molecule has 0 aliphatic rings. The number of hydrazine groups is 1. The first-order chi connectivity index (χ1) is 3.85. The maximum absolute atomic E-state index is 8.40. The maximum Gasteiger partial charge on any atom is 0.0446 e. The summed E-state index contributed by atoms with van der Waals surface area (Å²) in [6.45, 7) is 2.24. The van der Waals surface area contributed by atoms with Crippen molar-refractivity contribution in [1.29, 1.82) is 0 Å². The fourth-order valence-electron chi connectivity index (χ4n) is 0.561. The van der Waals surface area contributed by atoms with Crippen molar-refractivity contribution in [2.75, 3.05) is 6.61 Å². The normalized spacial score (nSPS) is 13.9. The van der Waals surface area contributed by atoms with Crippen LogP contribution in [0.4, 0.5) is 0 Å². The fourth-order valence-corrected chi connectivity index (χ4v) is 0.561. The number of aliphatic hydroxyl groups is 1. The molecule has 0 saturated carbocycles. The Labute approximate surface area is 49.9 Å². The van der Waals surface area contributed by atoms with E-state index >= 15 is 0 Å². The quantitative estimate of drug-likeness (QED) is 0.348. The molecule has 0 amide bonds. The number of nitrogens with one attached hydrogen (secondary N) is 1. The fraction of sp³-hybridized carbons (Fsp3) is 1.00. The average Bonchev–Trinajstić information content (AvgIpc) is 1.83. The Hall–Kier alpha value is -0.120. The van der Waals surface area contributed by atoms with Crippen molar-refractivity contribution >= 4 is 0 Å². The Morgan fingerprint density at radius 2 is 2.38 bits per heavy atom. The molecule has 50 valence electrons. The number of rotatable bonds is 4. The van der Waals surface area contributed by atoms with Gasteiger partial charge in [-0.15, -0.1) is 0 Å². The van der Waals surface area contributed by atoms with Gasteiger partial charge in [0.25, 0.3) is 0 Å². The van der Waals surface area contributed by atoms with Gasteiger partial charge in [0.05, 0.1) is 0 Å². The van der Waals surface area contributed by atoms with Crippen molar-refractivity contribution in [2.45, 2.75) is 25.8 Å². The minimum atomic E-state index is 0.211. The van der Waals surface area contributed by atoms with Gasteiger partial charge in [-0.3, -0.25) is 11.3 Å². The zero-order valence-corrected chi connectivity index (χ0v) is 5.22. The lowest BCUT2D eigenvalue weighted by molar-refractivity contribution is 0.263. The lowest BCUT2D eigenvalue weighted by Gasteiger charge is -2.09. The van der Waals surface area contributed by atoms with E-state index in [2.05, 4.69) is 5.43 Å². The van der Waals surface area contributed by atoms with Crippen LogP contribution in [-0.2, 0) is 0 Å². The molecule has 0 aliphatic carbocycles. The van der Waals surface area contributed by atoms with Gasteiger partial charge >= 0.3 is 0 Å². The molecule has 0 radical (unpaired) electrons. The Bertz CT molecular complexity index is 45.7. The van der Waals surface area contributed by atoms with Crippen LogP contribution < -0.4 is 11.3 Å². The van der Waals surface area contributed by atoms with Gasteiger partial charge in [0.15, 0.2) is 0 Å². The lowest BCUT2D eigenvalue weighted by Crippen LogP contribution is -2.35. The van der Waals surface area contributed by atoms with E-state index in [1.54, 1.807) is 0 Å². The summed E-state index contributed by atoms with van der Waals surface area (Å²) in [6, 6.07) is 0.278. The van der Waals surface area contributed by atoms with E-state index < -0.39 is 0 Å². The monoisotopic (exact) mass is 118 g/mol. The van der Waals surface area contributed by atoms with Crippen LogP contribution in [0.2, 0.25) is 0 Å². The van der Waals surface area contributed by atoms with Crippen LogP contribution in [0.15, 0.2) is 0 Å². The lowest BCUT2D eigenvalue weighted by atomic mass is 10.2. The summed E-state index contributed by atoms with van der Waals surface area (Å²) < 4.78 is 0. The highest BCUT2D eigenvalue weighted by Crippen LogP contribution is 1.92. The van der Waals surface area contributed by atoms with Crippen LogP contribution in [0.25, 0.3) is 0 Å². The Morgan fingerprint density at radius 3 is 2.50 bits per heavy atom. The highest BCUT2D eigenvalue weighted by molar-refractivity contribution is 4.58. The summed E-state index contributed by atoms with van der Waals surface area (Å²) in [7, 11) is 0. The molecule has 0 aromatic heterocycles. The van der Waals surface area contributed by atoms with Crippen molar-refractivity contribution in [3.05, 3.63) is 0 Å². The second kappa shape index (κ2) is 5.03. The Balaban J connectivity index is 3.07. The average molecular weight is 118 g/mol.